The lowest BCUT2D eigenvalue weighted by Crippen LogP contribution is -2.19. The predicted molar refractivity (Wildman–Crippen MR) is 68.6 cm³/mol. The van der Waals surface area contributed by atoms with E-state index in [1.54, 1.807) is 29.7 Å². The highest BCUT2D eigenvalue weighted by Gasteiger charge is 2.09. The molecule has 0 aliphatic rings. The number of carboxylic acids is 1. The van der Waals surface area contributed by atoms with Gasteiger partial charge in [0, 0.05) is 18.1 Å². The molecule has 0 saturated heterocycles. The van der Waals surface area contributed by atoms with Crippen LogP contribution in [0.1, 0.15) is 34.2 Å². The molecule has 0 aromatic carbocycles. The van der Waals surface area contributed by atoms with Gasteiger partial charge in [-0.25, -0.2) is 14.8 Å². The maximum absolute atomic E-state index is 10.8. The van der Waals surface area contributed by atoms with Gasteiger partial charge >= 0.3 is 5.97 Å². The molecule has 2 aromatic heterocycles. The molecule has 6 heteroatoms. The van der Waals surface area contributed by atoms with Crippen LogP contribution in [0.5, 0.6) is 0 Å². The average Bonchev–Trinajstić information content (AvgIpc) is 2.90. The summed E-state index contributed by atoms with van der Waals surface area (Å²) in [5, 5.41) is 15.0. The van der Waals surface area contributed by atoms with Crippen molar-refractivity contribution in [3.05, 3.63) is 46.2 Å². The van der Waals surface area contributed by atoms with Crippen LogP contribution < -0.4 is 5.32 Å². The van der Waals surface area contributed by atoms with E-state index in [9.17, 15) is 4.79 Å². The zero-order valence-electron chi connectivity index (χ0n) is 9.83. The minimum Gasteiger partial charge on any atom is -0.477 e. The lowest BCUT2D eigenvalue weighted by molar-refractivity contribution is 0.0690. The third-order valence-corrected chi connectivity index (χ3v) is 3.40. The topological polar surface area (TPSA) is 75.1 Å². The Morgan fingerprint density at radius 1 is 1.56 bits per heavy atom. The Hall–Kier alpha value is -1.79. The Balaban J connectivity index is 1.98. The summed E-state index contributed by atoms with van der Waals surface area (Å²) >= 11 is 1.59. The van der Waals surface area contributed by atoms with Crippen molar-refractivity contribution >= 4 is 17.3 Å². The predicted octanol–water partition coefficient (Wildman–Crippen LogP) is 2.09. The zero-order chi connectivity index (χ0) is 13.0. The van der Waals surface area contributed by atoms with Crippen molar-refractivity contribution in [3.8, 4) is 0 Å². The number of carboxylic acid groups (broad SMARTS) is 1. The van der Waals surface area contributed by atoms with E-state index in [0.717, 1.165) is 5.01 Å². The number of hydrogen-bond acceptors (Lipinski definition) is 5. The molecule has 0 spiro atoms. The van der Waals surface area contributed by atoms with Crippen molar-refractivity contribution in [2.75, 3.05) is 0 Å². The Morgan fingerprint density at radius 3 is 3.06 bits per heavy atom. The maximum atomic E-state index is 10.8. The standard InChI is InChI=1S/C12H13N3O2S/c1-8(11-13-5-6-18-11)14-7-9-3-2-4-10(15-9)12(16)17/h2-6,8,14H,7H2,1H3,(H,16,17). The maximum Gasteiger partial charge on any atom is 0.354 e. The van der Waals surface area contributed by atoms with Gasteiger partial charge in [0.25, 0.3) is 0 Å². The molecule has 0 bridgehead atoms. The Morgan fingerprint density at radius 2 is 2.39 bits per heavy atom. The summed E-state index contributed by atoms with van der Waals surface area (Å²) in [6, 6.07) is 5.10. The minimum atomic E-state index is -1.01. The van der Waals surface area contributed by atoms with E-state index >= 15 is 0 Å². The molecule has 0 aliphatic heterocycles. The van der Waals surface area contributed by atoms with Crippen molar-refractivity contribution in [1.82, 2.24) is 15.3 Å². The van der Waals surface area contributed by atoms with E-state index in [1.165, 1.54) is 6.07 Å². The van der Waals surface area contributed by atoms with Crippen LogP contribution in [0, 0.1) is 0 Å². The molecule has 1 unspecified atom stereocenters. The summed E-state index contributed by atoms with van der Waals surface area (Å²) < 4.78 is 0. The number of nitrogens with zero attached hydrogens (tertiary/aromatic N) is 2. The lowest BCUT2D eigenvalue weighted by Gasteiger charge is -2.10. The van der Waals surface area contributed by atoms with E-state index in [2.05, 4.69) is 15.3 Å². The molecule has 94 valence electrons. The summed E-state index contributed by atoms with van der Waals surface area (Å²) in [5.74, 6) is -1.01. The van der Waals surface area contributed by atoms with Gasteiger partial charge in [0.1, 0.15) is 10.7 Å². The van der Waals surface area contributed by atoms with Crippen LogP contribution in [-0.4, -0.2) is 21.0 Å². The van der Waals surface area contributed by atoms with Gasteiger partial charge in [0.15, 0.2) is 0 Å². The van der Waals surface area contributed by atoms with Gasteiger partial charge in [-0.1, -0.05) is 6.07 Å². The first-order valence-electron chi connectivity index (χ1n) is 5.49. The lowest BCUT2D eigenvalue weighted by atomic mass is 10.2. The number of pyridine rings is 1. The molecule has 0 amide bonds. The third-order valence-electron chi connectivity index (χ3n) is 2.44. The summed E-state index contributed by atoms with van der Waals surface area (Å²) in [4.78, 5) is 19.0. The fourth-order valence-corrected chi connectivity index (χ4v) is 2.16. The van der Waals surface area contributed by atoms with Crippen LogP contribution in [0.2, 0.25) is 0 Å². The molecule has 2 aromatic rings. The van der Waals surface area contributed by atoms with Crippen molar-refractivity contribution in [1.29, 1.82) is 0 Å². The van der Waals surface area contributed by atoms with Crippen molar-refractivity contribution in [2.24, 2.45) is 0 Å². The van der Waals surface area contributed by atoms with Crippen LogP contribution in [0.4, 0.5) is 0 Å². The molecule has 2 rings (SSSR count). The summed E-state index contributed by atoms with van der Waals surface area (Å²) in [5.41, 5.74) is 0.773. The number of thiazole rings is 1. The van der Waals surface area contributed by atoms with Crippen LogP contribution in [0.15, 0.2) is 29.8 Å². The Bertz CT molecular complexity index is 528. The summed E-state index contributed by atoms with van der Waals surface area (Å²) in [6.45, 7) is 2.53. The largest absolute Gasteiger partial charge is 0.477 e. The summed E-state index contributed by atoms with van der Waals surface area (Å²) in [7, 11) is 0. The molecular weight excluding hydrogens is 250 g/mol. The van der Waals surface area contributed by atoms with E-state index in [-0.39, 0.29) is 11.7 Å². The van der Waals surface area contributed by atoms with Gasteiger partial charge in [-0.05, 0) is 19.1 Å². The van der Waals surface area contributed by atoms with Gasteiger partial charge in [0.05, 0.1) is 11.7 Å². The molecule has 1 atom stereocenters. The first-order valence-corrected chi connectivity index (χ1v) is 6.37. The SMILES string of the molecule is CC(NCc1cccc(C(=O)O)n1)c1nccs1. The van der Waals surface area contributed by atoms with Gasteiger partial charge in [-0.15, -0.1) is 11.3 Å². The van der Waals surface area contributed by atoms with Gasteiger partial charge in [-0.3, -0.25) is 0 Å². The highest BCUT2D eigenvalue weighted by Crippen LogP contribution is 2.15. The van der Waals surface area contributed by atoms with Crippen LogP contribution >= 0.6 is 11.3 Å². The second kappa shape index (κ2) is 5.70. The van der Waals surface area contributed by atoms with Crippen LogP contribution in [0.3, 0.4) is 0 Å². The first kappa shape index (κ1) is 12.7. The number of nitrogens with one attached hydrogen (secondary N) is 1. The number of aromatic carboxylic acids is 1. The summed E-state index contributed by atoms with van der Waals surface area (Å²) in [6.07, 6.45) is 1.77. The second-order valence-electron chi connectivity index (χ2n) is 3.79. The number of aromatic nitrogens is 2. The molecule has 5 nitrogen and oxygen atoms in total. The normalized spacial score (nSPS) is 12.3. The highest BCUT2D eigenvalue weighted by molar-refractivity contribution is 7.09. The second-order valence-corrected chi connectivity index (χ2v) is 4.72. The highest BCUT2D eigenvalue weighted by atomic mass is 32.1. The zero-order valence-corrected chi connectivity index (χ0v) is 10.6. The molecule has 2 heterocycles. The number of hydrogen-bond donors (Lipinski definition) is 2. The Kier molecular flexibility index (Phi) is 4.01. The molecule has 2 N–H and O–H groups in total. The fraction of sp³-hybridized carbons (Fsp3) is 0.250. The molecule has 18 heavy (non-hydrogen) atoms. The molecule has 0 radical (unpaired) electrons. The smallest absolute Gasteiger partial charge is 0.354 e. The van der Waals surface area contributed by atoms with Crippen molar-refractivity contribution < 1.29 is 9.90 Å². The van der Waals surface area contributed by atoms with Crippen molar-refractivity contribution in [2.45, 2.75) is 19.5 Å². The van der Waals surface area contributed by atoms with E-state index in [0.29, 0.717) is 12.2 Å². The van der Waals surface area contributed by atoms with Gasteiger partial charge in [-0.2, -0.15) is 0 Å². The van der Waals surface area contributed by atoms with Crippen molar-refractivity contribution in [3.63, 3.8) is 0 Å². The van der Waals surface area contributed by atoms with Crippen LogP contribution in [0.25, 0.3) is 0 Å². The van der Waals surface area contributed by atoms with Gasteiger partial charge < -0.3 is 10.4 Å². The molecule has 0 fully saturated rings. The van der Waals surface area contributed by atoms with Gasteiger partial charge in [0.2, 0.25) is 0 Å². The number of rotatable bonds is 5. The van der Waals surface area contributed by atoms with E-state index in [4.69, 9.17) is 5.11 Å². The molecule has 0 aliphatic carbocycles. The average molecular weight is 263 g/mol. The molecule has 0 saturated carbocycles. The van der Waals surface area contributed by atoms with E-state index < -0.39 is 5.97 Å². The van der Waals surface area contributed by atoms with Crippen LogP contribution in [-0.2, 0) is 6.54 Å². The Labute approximate surface area is 109 Å². The quantitative estimate of drug-likeness (QED) is 0.864. The third kappa shape index (κ3) is 3.12. The number of carbonyl (C=O) groups is 1. The monoisotopic (exact) mass is 263 g/mol. The first-order chi connectivity index (χ1) is 8.66. The van der Waals surface area contributed by atoms with E-state index in [1.807, 2.05) is 12.3 Å². The molecular formula is C12H13N3O2S. The minimum absolute atomic E-state index is 0.0659. The fourth-order valence-electron chi connectivity index (χ4n) is 1.49.